The molecule has 0 radical (unpaired) electrons. The van der Waals surface area contributed by atoms with Crippen LogP contribution in [0.25, 0.3) is 17.0 Å². The quantitative estimate of drug-likeness (QED) is 0.649. The van der Waals surface area contributed by atoms with Crippen LogP contribution in [0.5, 0.6) is 0 Å². The molecule has 2 aliphatic rings. The Morgan fingerprint density at radius 1 is 0.871 bits per heavy atom. The van der Waals surface area contributed by atoms with Gasteiger partial charge in [-0.25, -0.2) is 0 Å². The number of hydrogen-bond donors (Lipinski definition) is 0. The highest BCUT2D eigenvalue weighted by Crippen LogP contribution is 2.26. The zero-order valence-corrected chi connectivity index (χ0v) is 18.2. The van der Waals surface area contributed by atoms with Crippen LogP contribution in [-0.2, 0) is 4.79 Å². The van der Waals surface area contributed by atoms with Gasteiger partial charge in [0.05, 0.1) is 0 Å². The largest absolute Gasteiger partial charge is 0.355 e. The lowest BCUT2D eigenvalue weighted by Crippen LogP contribution is -2.43. The number of carbonyl (C=O) groups excluding carboxylic acids is 1. The normalized spacial score (nSPS) is 18.4. The van der Waals surface area contributed by atoms with E-state index < -0.39 is 0 Å². The fourth-order valence-corrected chi connectivity index (χ4v) is 4.74. The molecule has 4 heterocycles. The Hall–Kier alpha value is -2.96. The van der Waals surface area contributed by atoms with Crippen LogP contribution in [0, 0.1) is 12.8 Å². The number of aromatic nitrogens is 4. The maximum Gasteiger partial charge on any atom is 0.225 e. The van der Waals surface area contributed by atoms with Crippen molar-refractivity contribution >= 4 is 17.4 Å². The average molecular weight is 419 g/mol. The predicted molar refractivity (Wildman–Crippen MR) is 121 cm³/mol. The second-order valence-corrected chi connectivity index (χ2v) is 8.85. The van der Waals surface area contributed by atoms with E-state index in [9.17, 15) is 4.79 Å². The fraction of sp³-hybridized carbons (Fsp3) is 0.500. The molecule has 2 fully saturated rings. The van der Waals surface area contributed by atoms with Crippen molar-refractivity contribution in [2.75, 3.05) is 31.1 Å². The summed E-state index contributed by atoms with van der Waals surface area (Å²) in [5.41, 5.74) is 2.96. The van der Waals surface area contributed by atoms with Gasteiger partial charge in [0.1, 0.15) is 5.82 Å². The van der Waals surface area contributed by atoms with Gasteiger partial charge in [0.25, 0.3) is 0 Å². The number of carbonyl (C=O) groups is 1. The number of fused-ring (bicyclic) bond motifs is 1. The molecule has 5 rings (SSSR count). The molecule has 0 spiro atoms. The summed E-state index contributed by atoms with van der Waals surface area (Å²) >= 11 is 0. The van der Waals surface area contributed by atoms with Crippen molar-refractivity contribution in [3.8, 4) is 11.4 Å². The monoisotopic (exact) mass is 418 g/mol. The first kappa shape index (κ1) is 20.0. The van der Waals surface area contributed by atoms with Gasteiger partial charge in [0.2, 0.25) is 5.91 Å². The second-order valence-electron chi connectivity index (χ2n) is 8.85. The molecule has 0 saturated carbocycles. The molecule has 1 amide bonds. The average Bonchev–Trinajstić information content (AvgIpc) is 3.04. The predicted octanol–water partition coefficient (Wildman–Crippen LogP) is 3.72. The first-order chi connectivity index (χ1) is 15.2. The highest BCUT2D eigenvalue weighted by Gasteiger charge is 2.29. The summed E-state index contributed by atoms with van der Waals surface area (Å²) in [7, 11) is 0. The van der Waals surface area contributed by atoms with Crippen LogP contribution in [0.3, 0.4) is 0 Å². The summed E-state index contributed by atoms with van der Waals surface area (Å²) in [6.45, 7) is 5.65. The zero-order chi connectivity index (χ0) is 21.2. The first-order valence-corrected chi connectivity index (χ1v) is 11.5. The van der Waals surface area contributed by atoms with Gasteiger partial charge in [0.15, 0.2) is 11.5 Å². The highest BCUT2D eigenvalue weighted by atomic mass is 16.2. The molecule has 7 heteroatoms. The highest BCUT2D eigenvalue weighted by molar-refractivity contribution is 5.79. The van der Waals surface area contributed by atoms with Crippen LogP contribution in [0.1, 0.15) is 44.1 Å². The number of aryl methyl sites for hydroxylation is 1. The second kappa shape index (κ2) is 8.65. The third-order valence-corrected chi connectivity index (χ3v) is 6.64. The van der Waals surface area contributed by atoms with Crippen LogP contribution in [-0.4, -0.2) is 56.8 Å². The van der Waals surface area contributed by atoms with Gasteiger partial charge in [-0.15, -0.1) is 15.3 Å². The summed E-state index contributed by atoms with van der Waals surface area (Å²) in [6, 6.07) is 12.3. The van der Waals surface area contributed by atoms with Gasteiger partial charge in [-0.05, 0) is 44.7 Å². The molecule has 0 unspecified atom stereocenters. The molecule has 0 aliphatic carbocycles. The Labute approximate surface area is 183 Å². The number of amides is 1. The zero-order valence-electron chi connectivity index (χ0n) is 18.2. The Morgan fingerprint density at radius 2 is 1.58 bits per heavy atom. The molecule has 0 atom stereocenters. The fourth-order valence-electron chi connectivity index (χ4n) is 4.74. The smallest absolute Gasteiger partial charge is 0.225 e. The van der Waals surface area contributed by atoms with Gasteiger partial charge >= 0.3 is 0 Å². The van der Waals surface area contributed by atoms with Gasteiger partial charge in [-0.2, -0.15) is 4.52 Å². The molecule has 7 nitrogen and oxygen atoms in total. The Balaban J connectivity index is 1.30. The van der Waals surface area contributed by atoms with Crippen LogP contribution < -0.4 is 4.90 Å². The Bertz CT molecular complexity index is 1040. The number of nitrogens with zero attached hydrogens (tertiary/aromatic N) is 6. The Kier molecular flexibility index (Phi) is 5.57. The molecule has 3 aromatic rings. The van der Waals surface area contributed by atoms with Crippen LogP contribution >= 0.6 is 0 Å². The van der Waals surface area contributed by atoms with E-state index >= 15 is 0 Å². The van der Waals surface area contributed by atoms with Crippen molar-refractivity contribution < 1.29 is 4.79 Å². The molecule has 2 aromatic heterocycles. The molecule has 2 aliphatic heterocycles. The van der Waals surface area contributed by atoms with Gasteiger partial charge < -0.3 is 9.80 Å². The number of benzene rings is 1. The maximum atomic E-state index is 13.0. The lowest BCUT2D eigenvalue weighted by Gasteiger charge is -2.34. The van der Waals surface area contributed by atoms with E-state index in [4.69, 9.17) is 5.10 Å². The lowest BCUT2D eigenvalue weighted by molar-refractivity contribution is -0.136. The summed E-state index contributed by atoms with van der Waals surface area (Å²) in [4.78, 5) is 17.4. The van der Waals surface area contributed by atoms with Crippen molar-refractivity contribution in [2.45, 2.75) is 45.4 Å². The number of rotatable bonds is 3. The minimum absolute atomic E-state index is 0.149. The van der Waals surface area contributed by atoms with E-state index in [1.807, 2.05) is 16.6 Å². The van der Waals surface area contributed by atoms with Crippen molar-refractivity contribution in [1.82, 2.24) is 24.7 Å². The lowest BCUT2D eigenvalue weighted by atomic mass is 9.95. The van der Waals surface area contributed by atoms with E-state index in [0.717, 1.165) is 74.7 Å². The van der Waals surface area contributed by atoms with Crippen molar-refractivity contribution in [3.63, 3.8) is 0 Å². The molecule has 0 bridgehead atoms. The van der Waals surface area contributed by atoms with E-state index in [-0.39, 0.29) is 5.92 Å². The molecule has 2 saturated heterocycles. The first-order valence-electron chi connectivity index (χ1n) is 11.5. The minimum Gasteiger partial charge on any atom is -0.355 e. The van der Waals surface area contributed by atoms with E-state index in [2.05, 4.69) is 51.2 Å². The summed E-state index contributed by atoms with van der Waals surface area (Å²) < 4.78 is 1.83. The number of likely N-dealkylation sites (tertiary alicyclic amines) is 1. The van der Waals surface area contributed by atoms with Crippen molar-refractivity contribution in [2.24, 2.45) is 5.92 Å². The summed E-state index contributed by atoms with van der Waals surface area (Å²) in [5, 5.41) is 13.5. The van der Waals surface area contributed by atoms with Crippen LogP contribution in [0.4, 0.5) is 5.82 Å². The van der Waals surface area contributed by atoms with E-state index in [0.29, 0.717) is 5.91 Å². The summed E-state index contributed by atoms with van der Waals surface area (Å²) in [5.74, 6) is 2.19. The SMILES string of the molecule is Cc1ccc(-c2nnc3ccc(N4CCC(C(=O)N5CCCCCC5)CC4)nn23)cc1. The van der Waals surface area contributed by atoms with E-state index in [1.165, 1.54) is 18.4 Å². The van der Waals surface area contributed by atoms with Crippen molar-refractivity contribution in [3.05, 3.63) is 42.0 Å². The third-order valence-electron chi connectivity index (χ3n) is 6.64. The number of hydrogen-bond acceptors (Lipinski definition) is 5. The van der Waals surface area contributed by atoms with Gasteiger partial charge in [-0.1, -0.05) is 42.7 Å². The van der Waals surface area contributed by atoms with Gasteiger partial charge in [-0.3, -0.25) is 4.79 Å². The molecule has 1 aromatic carbocycles. The van der Waals surface area contributed by atoms with Crippen LogP contribution in [0.2, 0.25) is 0 Å². The standard InChI is InChI=1S/C24H30N6O/c1-18-6-8-19(9-7-18)23-26-25-21-10-11-22(27-30(21)23)28-16-12-20(13-17-28)24(31)29-14-4-2-3-5-15-29/h6-11,20H,2-5,12-17H2,1H3. The molecular weight excluding hydrogens is 388 g/mol. The minimum atomic E-state index is 0.149. The third kappa shape index (κ3) is 4.13. The molecule has 162 valence electrons. The molecule has 31 heavy (non-hydrogen) atoms. The molecular formula is C24H30N6O. The van der Waals surface area contributed by atoms with Gasteiger partial charge in [0, 0.05) is 37.7 Å². The topological polar surface area (TPSA) is 66.6 Å². The maximum absolute atomic E-state index is 13.0. The van der Waals surface area contributed by atoms with Crippen LogP contribution in [0.15, 0.2) is 36.4 Å². The van der Waals surface area contributed by atoms with E-state index in [1.54, 1.807) is 0 Å². The molecule has 0 N–H and O–H groups in total. The number of anilines is 1. The van der Waals surface area contributed by atoms with Crippen molar-refractivity contribution in [1.29, 1.82) is 0 Å². The Morgan fingerprint density at radius 3 is 2.29 bits per heavy atom. The number of piperidine rings is 1. The summed E-state index contributed by atoms with van der Waals surface area (Å²) in [6.07, 6.45) is 6.59.